The van der Waals surface area contributed by atoms with E-state index in [9.17, 15) is 13.2 Å². The van der Waals surface area contributed by atoms with Crippen LogP contribution in [0.25, 0.3) is 0 Å². The molecule has 6 nitrogen and oxygen atoms in total. The molecule has 0 aromatic carbocycles. The molecular formula is C8H13F3N6. The summed E-state index contributed by atoms with van der Waals surface area (Å²) in [6, 6.07) is -0.539. The lowest BCUT2D eigenvalue weighted by atomic mass is 9.98. The Labute approximate surface area is 95.3 Å². The summed E-state index contributed by atoms with van der Waals surface area (Å²) in [4.78, 5) is 1.62. The van der Waals surface area contributed by atoms with Gasteiger partial charge in [-0.1, -0.05) is 5.10 Å². The van der Waals surface area contributed by atoms with Gasteiger partial charge in [0.15, 0.2) is 0 Å². The molecule has 9 heteroatoms. The third kappa shape index (κ3) is 2.84. The highest BCUT2D eigenvalue weighted by molar-refractivity contribution is 5.26. The zero-order chi connectivity index (χ0) is 12.5. The van der Waals surface area contributed by atoms with Crippen molar-refractivity contribution in [3.05, 3.63) is 0 Å². The first-order valence-electron chi connectivity index (χ1n) is 5.27. The van der Waals surface area contributed by atoms with Crippen LogP contribution in [0.15, 0.2) is 0 Å². The summed E-state index contributed by atoms with van der Waals surface area (Å²) in [5.74, 6) is -1.06. The van der Waals surface area contributed by atoms with Crippen molar-refractivity contribution in [3.8, 4) is 0 Å². The first-order valence-corrected chi connectivity index (χ1v) is 5.27. The molecular weight excluding hydrogens is 237 g/mol. The van der Waals surface area contributed by atoms with Gasteiger partial charge in [-0.15, -0.1) is 5.10 Å². The quantitative estimate of drug-likeness (QED) is 0.749. The highest BCUT2D eigenvalue weighted by atomic mass is 19.4. The second-order valence-corrected chi connectivity index (χ2v) is 4.18. The predicted octanol–water partition coefficient (Wildman–Crippen LogP) is 0.306. The number of nitrogens with one attached hydrogen (secondary N) is 1. The van der Waals surface area contributed by atoms with Crippen molar-refractivity contribution in [1.29, 1.82) is 0 Å². The second kappa shape index (κ2) is 4.47. The van der Waals surface area contributed by atoms with Gasteiger partial charge in [-0.25, -0.2) is 0 Å². The van der Waals surface area contributed by atoms with Crippen LogP contribution in [0.3, 0.4) is 0 Å². The van der Waals surface area contributed by atoms with Gasteiger partial charge < -0.3 is 10.6 Å². The van der Waals surface area contributed by atoms with Crippen molar-refractivity contribution in [3.63, 3.8) is 0 Å². The van der Waals surface area contributed by atoms with Crippen LogP contribution < -0.4 is 10.6 Å². The number of tetrazole rings is 1. The Kier molecular flexibility index (Phi) is 3.18. The second-order valence-electron chi connectivity index (χ2n) is 4.18. The number of aromatic nitrogens is 4. The standard InChI is InChI=1S/C8H13F3N6/c9-8(10,11)5-1-2-17(4-6(12)3-5)7-13-15-16-14-7/h5-6H,1-4,12H2,(H,13,14,15,16). The first kappa shape index (κ1) is 12.1. The molecule has 3 N–H and O–H groups in total. The highest BCUT2D eigenvalue weighted by Gasteiger charge is 2.42. The number of nitrogens with zero attached hydrogens (tertiary/aromatic N) is 4. The fourth-order valence-electron chi connectivity index (χ4n) is 2.01. The van der Waals surface area contributed by atoms with E-state index in [1.807, 2.05) is 0 Å². The smallest absolute Gasteiger partial charge is 0.337 e. The third-order valence-electron chi connectivity index (χ3n) is 2.87. The van der Waals surface area contributed by atoms with Gasteiger partial charge in [0.25, 0.3) is 5.95 Å². The Morgan fingerprint density at radius 2 is 2.18 bits per heavy atom. The maximum absolute atomic E-state index is 12.6. The van der Waals surface area contributed by atoms with Crippen molar-refractivity contribution in [2.75, 3.05) is 18.0 Å². The van der Waals surface area contributed by atoms with E-state index in [1.54, 1.807) is 4.90 Å². The summed E-state index contributed by atoms with van der Waals surface area (Å²) in [7, 11) is 0. The summed E-state index contributed by atoms with van der Waals surface area (Å²) in [6.07, 6.45) is -4.24. The summed E-state index contributed by atoms with van der Waals surface area (Å²) < 4.78 is 37.9. The molecule has 0 radical (unpaired) electrons. The Bertz CT molecular complexity index is 351. The lowest BCUT2D eigenvalue weighted by Crippen LogP contribution is -2.37. The van der Waals surface area contributed by atoms with Crippen molar-refractivity contribution in [1.82, 2.24) is 20.6 Å². The molecule has 0 spiro atoms. The Balaban J connectivity index is 2.07. The number of H-pyrrole nitrogens is 1. The molecule has 2 unspecified atom stereocenters. The molecule has 1 aliphatic rings. The number of alkyl halides is 3. The third-order valence-corrected chi connectivity index (χ3v) is 2.87. The summed E-state index contributed by atoms with van der Waals surface area (Å²) in [5.41, 5.74) is 5.69. The maximum Gasteiger partial charge on any atom is 0.391 e. The minimum atomic E-state index is -4.19. The van der Waals surface area contributed by atoms with Crippen LogP contribution in [-0.4, -0.2) is 45.9 Å². The van der Waals surface area contributed by atoms with Crippen LogP contribution in [-0.2, 0) is 0 Å². The van der Waals surface area contributed by atoms with Gasteiger partial charge >= 0.3 is 6.18 Å². The zero-order valence-corrected chi connectivity index (χ0v) is 8.98. The van der Waals surface area contributed by atoms with E-state index in [4.69, 9.17) is 5.73 Å². The molecule has 0 aliphatic carbocycles. The molecule has 0 saturated carbocycles. The van der Waals surface area contributed by atoms with E-state index in [2.05, 4.69) is 20.6 Å². The molecule has 0 bridgehead atoms. The van der Waals surface area contributed by atoms with Gasteiger partial charge in [0.1, 0.15) is 0 Å². The molecule has 2 atom stereocenters. The van der Waals surface area contributed by atoms with E-state index in [-0.39, 0.29) is 19.4 Å². The Hall–Kier alpha value is -1.38. The number of aromatic amines is 1. The predicted molar refractivity (Wildman–Crippen MR) is 53.1 cm³/mol. The van der Waals surface area contributed by atoms with Gasteiger partial charge in [0, 0.05) is 19.1 Å². The van der Waals surface area contributed by atoms with Crippen molar-refractivity contribution in [2.24, 2.45) is 11.7 Å². The lowest BCUT2D eigenvalue weighted by Gasteiger charge is -2.19. The van der Waals surface area contributed by atoms with E-state index in [0.717, 1.165) is 0 Å². The molecule has 1 saturated heterocycles. The molecule has 1 aromatic heterocycles. The van der Waals surface area contributed by atoms with Crippen molar-refractivity contribution in [2.45, 2.75) is 25.1 Å². The molecule has 96 valence electrons. The van der Waals surface area contributed by atoms with Crippen LogP contribution in [0.5, 0.6) is 0 Å². The minimum absolute atomic E-state index is 0.00569. The minimum Gasteiger partial charge on any atom is -0.337 e. The average Bonchev–Trinajstić information content (AvgIpc) is 2.67. The van der Waals surface area contributed by atoms with E-state index in [1.165, 1.54) is 0 Å². The fourth-order valence-corrected chi connectivity index (χ4v) is 2.01. The van der Waals surface area contributed by atoms with Crippen LogP contribution in [0.4, 0.5) is 19.1 Å². The van der Waals surface area contributed by atoms with Crippen LogP contribution >= 0.6 is 0 Å². The maximum atomic E-state index is 12.6. The van der Waals surface area contributed by atoms with Crippen LogP contribution in [0.1, 0.15) is 12.8 Å². The molecule has 0 amide bonds. The largest absolute Gasteiger partial charge is 0.391 e. The summed E-state index contributed by atoms with van der Waals surface area (Å²) in [5, 5.41) is 13.1. The molecule has 1 aromatic rings. The molecule has 1 aliphatic heterocycles. The SMILES string of the molecule is NC1CC(C(F)(F)F)CCN(c2nn[nH]n2)C1. The molecule has 1 fully saturated rings. The van der Waals surface area contributed by atoms with E-state index >= 15 is 0 Å². The zero-order valence-electron chi connectivity index (χ0n) is 8.98. The van der Waals surface area contributed by atoms with Crippen molar-refractivity contribution < 1.29 is 13.2 Å². The van der Waals surface area contributed by atoms with Crippen LogP contribution in [0, 0.1) is 5.92 Å². The van der Waals surface area contributed by atoms with Gasteiger partial charge in [-0.3, -0.25) is 0 Å². The first-order chi connectivity index (χ1) is 7.97. The topological polar surface area (TPSA) is 83.7 Å². The Morgan fingerprint density at radius 3 is 2.76 bits per heavy atom. The van der Waals surface area contributed by atoms with Gasteiger partial charge in [0.05, 0.1) is 5.92 Å². The summed E-state index contributed by atoms with van der Waals surface area (Å²) >= 11 is 0. The highest BCUT2D eigenvalue weighted by Crippen LogP contribution is 2.34. The van der Waals surface area contributed by atoms with Gasteiger partial charge in [0.2, 0.25) is 0 Å². The van der Waals surface area contributed by atoms with Crippen LogP contribution in [0.2, 0.25) is 0 Å². The average molecular weight is 250 g/mol. The van der Waals surface area contributed by atoms with Gasteiger partial charge in [-0.2, -0.15) is 18.4 Å². The fraction of sp³-hybridized carbons (Fsp3) is 0.875. The molecule has 2 rings (SSSR count). The number of hydrogen-bond donors (Lipinski definition) is 2. The normalized spacial score (nSPS) is 26.9. The van der Waals surface area contributed by atoms with E-state index < -0.39 is 18.1 Å². The molecule has 17 heavy (non-hydrogen) atoms. The molecule has 2 heterocycles. The number of halogens is 3. The van der Waals surface area contributed by atoms with Gasteiger partial charge in [-0.05, 0) is 18.1 Å². The number of hydrogen-bond acceptors (Lipinski definition) is 5. The lowest BCUT2D eigenvalue weighted by molar-refractivity contribution is -0.177. The number of rotatable bonds is 1. The Morgan fingerprint density at radius 1 is 1.41 bits per heavy atom. The summed E-state index contributed by atoms with van der Waals surface area (Å²) in [6.45, 7) is 0.545. The van der Waals surface area contributed by atoms with E-state index in [0.29, 0.717) is 12.5 Å². The monoisotopic (exact) mass is 250 g/mol. The van der Waals surface area contributed by atoms with Crippen molar-refractivity contribution >= 4 is 5.95 Å². The number of nitrogens with two attached hydrogens (primary N) is 1. The number of anilines is 1.